The van der Waals surface area contributed by atoms with Crippen molar-refractivity contribution in [1.82, 2.24) is 35.6 Å². The summed E-state index contributed by atoms with van der Waals surface area (Å²) in [5.41, 5.74) is 1.69. The molecule has 2 atom stereocenters. The third-order valence-corrected chi connectivity index (χ3v) is 5.07. The summed E-state index contributed by atoms with van der Waals surface area (Å²) < 4.78 is 0. The zero-order valence-corrected chi connectivity index (χ0v) is 13.9. The first-order chi connectivity index (χ1) is 11.7. The largest absolute Gasteiger partial charge is 0.337 e. The fourth-order valence-electron chi connectivity index (χ4n) is 3.75. The molecule has 0 aromatic carbocycles. The van der Waals surface area contributed by atoms with Crippen LogP contribution in [0.1, 0.15) is 58.8 Å². The minimum absolute atomic E-state index is 0.0443. The molecule has 2 aliphatic heterocycles. The van der Waals surface area contributed by atoms with Gasteiger partial charge < -0.3 is 10.2 Å². The van der Waals surface area contributed by atoms with Gasteiger partial charge in [-0.1, -0.05) is 0 Å². The van der Waals surface area contributed by atoms with E-state index in [-0.39, 0.29) is 11.8 Å². The van der Waals surface area contributed by atoms with Crippen molar-refractivity contribution in [3.63, 3.8) is 0 Å². The van der Waals surface area contributed by atoms with Crippen LogP contribution in [0.4, 0.5) is 0 Å². The van der Waals surface area contributed by atoms with Crippen LogP contribution < -0.4 is 5.32 Å². The average Bonchev–Trinajstić information content (AvgIpc) is 3.35. The molecule has 2 aromatic rings. The topological polar surface area (TPSA) is 103 Å². The standard InChI is InChI=1S/C16H23N7O/c1-10-19-15(22-20-10)12-4-6-23(9-12)16(24)14-13(8-18-21-14)11-3-2-5-17-7-11/h8,11-12,17H,2-7,9H2,1H3,(H,18,21)(H,19,20,22)/t11-,12-/m0/s1. The second kappa shape index (κ2) is 6.35. The number of carbonyl (C=O) groups is 1. The molecule has 0 bridgehead atoms. The molecule has 128 valence electrons. The smallest absolute Gasteiger partial charge is 0.272 e. The van der Waals surface area contributed by atoms with Crippen molar-refractivity contribution in [2.24, 2.45) is 0 Å². The average molecular weight is 329 g/mol. The zero-order valence-electron chi connectivity index (χ0n) is 13.9. The number of likely N-dealkylation sites (tertiary alicyclic amines) is 1. The maximum atomic E-state index is 12.9. The number of H-pyrrole nitrogens is 2. The summed E-state index contributed by atoms with van der Waals surface area (Å²) in [7, 11) is 0. The first-order valence-electron chi connectivity index (χ1n) is 8.64. The summed E-state index contributed by atoms with van der Waals surface area (Å²) in [6, 6.07) is 0. The Hall–Kier alpha value is -2.22. The molecule has 0 spiro atoms. The first kappa shape index (κ1) is 15.3. The molecule has 2 aliphatic rings. The number of aryl methyl sites for hydroxylation is 1. The van der Waals surface area contributed by atoms with Gasteiger partial charge in [-0.25, -0.2) is 4.98 Å². The van der Waals surface area contributed by atoms with Crippen LogP contribution in [0.15, 0.2) is 6.20 Å². The van der Waals surface area contributed by atoms with E-state index >= 15 is 0 Å². The molecule has 2 fully saturated rings. The molecule has 3 N–H and O–H groups in total. The zero-order chi connectivity index (χ0) is 16.5. The van der Waals surface area contributed by atoms with Crippen LogP contribution in [0.2, 0.25) is 0 Å². The fraction of sp³-hybridized carbons (Fsp3) is 0.625. The second-order valence-corrected chi connectivity index (χ2v) is 6.76. The number of hydrogen-bond donors (Lipinski definition) is 3. The van der Waals surface area contributed by atoms with Crippen molar-refractivity contribution in [1.29, 1.82) is 0 Å². The van der Waals surface area contributed by atoms with Gasteiger partial charge in [-0.05, 0) is 32.7 Å². The number of aromatic nitrogens is 5. The van der Waals surface area contributed by atoms with Crippen molar-refractivity contribution in [2.45, 2.75) is 38.0 Å². The van der Waals surface area contributed by atoms with Crippen LogP contribution in [0.25, 0.3) is 0 Å². The molecule has 2 aromatic heterocycles. The molecule has 8 heteroatoms. The maximum Gasteiger partial charge on any atom is 0.272 e. The van der Waals surface area contributed by atoms with Gasteiger partial charge in [0.2, 0.25) is 0 Å². The Morgan fingerprint density at radius 2 is 2.21 bits per heavy atom. The third kappa shape index (κ3) is 2.82. The molecule has 0 radical (unpaired) electrons. The fourth-order valence-corrected chi connectivity index (χ4v) is 3.75. The van der Waals surface area contributed by atoms with E-state index in [9.17, 15) is 4.79 Å². The number of nitrogens with one attached hydrogen (secondary N) is 3. The van der Waals surface area contributed by atoms with Crippen LogP contribution >= 0.6 is 0 Å². The van der Waals surface area contributed by atoms with Gasteiger partial charge in [-0.2, -0.15) is 10.2 Å². The van der Waals surface area contributed by atoms with Crippen LogP contribution in [0, 0.1) is 6.92 Å². The molecule has 2 saturated heterocycles. The second-order valence-electron chi connectivity index (χ2n) is 6.76. The number of piperidine rings is 1. The highest BCUT2D eigenvalue weighted by Crippen LogP contribution is 2.29. The SMILES string of the molecule is Cc1nc([C@H]2CCN(C(=O)c3[nH]ncc3[C@H]3CCCNC3)C2)n[nH]1. The van der Waals surface area contributed by atoms with E-state index in [1.165, 1.54) is 0 Å². The van der Waals surface area contributed by atoms with Gasteiger partial charge >= 0.3 is 0 Å². The van der Waals surface area contributed by atoms with Crippen LogP contribution in [0.3, 0.4) is 0 Å². The summed E-state index contributed by atoms with van der Waals surface area (Å²) >= 11 is 0. The van der Waals surface area contributed by atoms with E-state index in [1.54, 1.807) is 0 Å². The lowest BCUT2D eigenvalue weighted by atomic mass is 9.92. The summed E-state index contributed by atoms with van der Waals surface area (Å²) in [6.45, 7) is 5.26. The van der Waals surface area contributed by atoms with E-state index < -0.39 is 0 Å². The molecule has 0 saturated carbocycles. The molecule has 8 nitrogen and oxygen atoms in total. The Morgan fingerprint density at radius 1 is 1.29 bits per heavy atom. The molecule has 24 heavy (non-hydrogen) atoms. The van der Waals surface area contributed by atoms with Crippen LogP contribution in [0.5, 0.6) is 0 Å². The van der Waals surface area contributed by atoms with E-state index in [4.69, 9.17) is 0 Å². The van der Waals surface area contributed by atoms with Crippen LogP contribution in [-0.2, 0) is 0 Å². The minimum Gasteiger partial charge on any atom is -0.337 e. The highest BCUT2D eigenvalue weighted by molar-refractivity contribution is 5.94. The number of aromatic amines is 2. The van der Waals surface area contributed by atoms with Gasteiger partial charge in [0, 0.05) is 37.0 Å². The van der Waals surface area contributed by atoms with Gasteiger partial charge in [-0.15, -0.1) is 0 Å². The molecule has 0 unspecified atom stereocenters. The Bertz CT molecular complexity index is 716. The lowest BCUT2D eigenvalue weighted by Gasteiger charge is -2.23. The van der Waals surface area contributed by atoms with E-state index in [0.29, 0.717) is 18.2 Å². The molecular weight excluding hydrogens is 306 g/mol. The van der Waals surface area contributed by atoms with Gasteiger partial charge in [0.05, 0.1) is 6.20 Å². The monoisotopic (exact) mass is 329 g/mol. The number of carbonyl (C=O) groups excluding carboxylic acids is 1. The maximum absolute atomic E-state index is 12.9. The Kier molecular flexibility index (Phi) is 4.05. The molecule has 0 aliphatic carbocycles. The molecule has 1 amide bonds. The third-order valence-electron chi connectivity index (χ3n) is 5.07. The van der Waals surface area contributed by atoms with Crippen molar-refractivity contribution < 1.29 is 4.79 Å². The first-order valence-corrected chi connectivity index (χ1v) is 8.64. The Morgan fingerprint density at radius 3 is 2.96 bits per heavy atom. The lowest BCUT2D eigenvalue weighted by molar-refractivity contribution is 0.0783. The predicted octanol–water partition coefficient (Wildman–Crippen LogP) is 0.933. The lowest BCUT2D eigenvalue weighted by Crippen LogP contribution is -2.32. The molecule has 4 heterocycles. The summed E-state index contributed by atoms with van der Waals surface area (Å²) in [4.78, 5) is 19.2. The normalized spacial score (nSPS) is 24.5. The van der Waals surface area contributed by atoms with E-state index in [0.717, 1.165) is 56.1 Å². The predicted molar refractivity (Wildman–Crippen MR) is 87.8 cm³/mol. The summed E-state index contributed by atoms with van der Waals surface area (Å²) in [5.74, 6) is 2.24. The number of amides is 1. The quantitative estimate of drug-likeness (QED) is 0.777. The summed E-state index contributed by atoms with van der Waals surface area (Å²) in [6.07, 6.45) is 4.96. The van der Waals surface area contributed by atoms with Gasteiger partial charge in [0.25, 0.3) is 5.91 Å². The van der Waals surface area contributed by atoms with Gasteiger partial charge in [-0.3, -0.25) is 15.0 Å². The highest BCUT2D eigenvalue weighted by atomic mass is 16.2. The van der Waals surface area contributed by atoms with Crippen LogP contribution in [-0.4, -0.2) is 62.4 Å². The Labute approximate surface area is 140 Å². The van der Waals surface area contributed by atoms with Gasteiger partial charge in [0.1, 0.15) is 11.5 Å². The van der Waals surface area contributed by atoms with E-state index in [1.807, 2.05) is 18.0 Å². The molecule has 4 rings (SSSR count). The summed E-state index contributed by atoms with van der Waals surface area (Å²) in [5, 5.41) is 17.6. The van der Waals surface area contributed by atoms with Crippen molar-refractivity contribution in [3.8, 4) is 0 Å². The van der Waals surface area contributed by atoms with Crippen molar-refractivity contribution in [3.05, 3.63) is 29.1 Å². The number of rotatable bonds is 3. The Balaban J connectivity index is 1.48. The van der Waals surface area contributed by atoms with Gasteiger partial charge in [0.15, 0.2) is 5.82 Å². The number of nitrogens with zero attached hydrogens (tertiary/aromatic N) is 4. The highest BCUT2D eigenvalue weighted by Gasteiger charge is 2.33. The number of hydrogen-bond acceptors (Lipinski definition) is 5. The molecular formula is C16H23N7O. The minimum atomic E-state index is 0.0443. The van der Waals surface area contributed by atoms with E-state index in [2.05, 4.69) is 30.7 Å². The van der Waals surface area contributed by atoms with Crippen molar-refractivity contribution in [2.75, 3.05) is 26.2 Å². The van der Waals surface area contributed by atoms with Crippen molar-refractivity contribution >= 4 is 5.91 Å².